The van der Waals surface area contributed by atoms with Crippen molar-refractivity contribution >= 4 is 11.9 Å². The lowest BCUT2D eigenvalue weighted by atomic mass is 9.70. The van der Waals surface area contributed by atoms with Gasteiger partial charge in [-0.25, -0.2) is 9.18 Å². The Morgan fingerprint density at radius 1 is 1.15 bits per heavy atom. The van der Waals surface area contributed by atoms with E-state index in [2.05, 4.69) is 0 Å². The fourth-order valence-corrected chi connectivity index (χ4v) is 4.36. The van der Waals surface area contributed by atoms with E-state index in [0.717, 1.165) is 30.4 Å². The van der Waals surface area contributed by atoms with Crippen molar-refractivity contribution < 1.29 is 18.7 Å². The minimum absolute atomic E-state index is 0.168. The van der Waals surface area contributed by atoms with Gasteiger partial charge < -0.3 is 9.64 Å². The van der Waals surface area contributed by atoms with Crippen LogP contribution in [-0.4, -0.2) is 30.4 Å². The number of halogens is 1. The van der Waals surface area contributed by atoms with E-state index >= 15 is 0 Å². The van der Waals surface area contributed by atoms with E-state index in [1.807, 2.05) is 17.0 Å². The average Bonchev–Trinajstić information content (AvgIpc) is 2.98. The van der Waals surface area contributed by atoms with Crippen LogP contribution in [0.25, 0.3) is 0 Å². The van der Waals surface area contributed by atoms with Crippen LogP contribution in [0.3, 0.4) is 0 Å². The number of rotatable bonds is 3. The van der Waals surface area contributed by atoms with Crippen molar-refractivity contribution in [2.75, 3.05) is 13.7 Å². The molecular weight excluding hydrogens is 345 g/mol. The molecule has 140 valence electrons. The second-order valence-corrected chi connectivity index (χ2v) is 7.54. The molecule has 2 aromatic rings. The van der Waals surface area contributed by atoms with Crippen LogP contribution in [0.1, 0.15) is 39.9 Å². The molecule has 4 nitrogen and oxygen atoms in total. The molecule has 1 aliphatic carbocycles. The van der Waals surface area contributed by atoms with Crippen molar-refractivity contribution in [2.24, 2.45) is 5.41 Å². The molecule has 1 atom stereocenters. The van der Waals surface area contributed by atoms with Crippen molar-refractivity contribution in [3.8, 4) is 0 Å². The molecule has 5 heteroatoms. The first-order valence-corrected chi connectivity index (χ1v) is 9.25. The van der Waals surface area contributed by atoms with Crippen molar-refractivity contribution in [3.05, 3.63) is 70.5 Å². The van der Waals surface area contributed by atoms with Crippen LogP contribution in [0.15, 0.2) is 42.5 Å². The predicted molar refractivity (Wildman–Crippen MR) is 98.7 cm³/mol. The normalized spacial score (nSPS) is 21.4. The number of fused-ring (bicyclic) bond motifs is 1. The molecular formula is C22H22FNO3. The van der Waals surface area contributed by atoms with Crippen molar-refractivity contribution in [1.82, 2.24) is 4.90 Å². The maximum Gasteiger partial charge on any atom is 0.337 e. The molecule has 2 aliphatic rings. The van der Waals surface area contributed by atoms with Crippen LogP contribution in [-0.2, 0) is 28.9 Å². The highest BCUT2D eigenvalue weighted by atomic mass is 19.1. The summed E-state index contributed by atoms with van der Waals surface area (Å²) in [5.41, 5.74) is 3.36. The van der Waals surface area contributed by atoms with E-state index in [4.69, 9.17) is 4.74 Å². The first-order chi connectivity index (χ1) is 13.0. The number of hydrogen-bond donors (Lipinski definition) is 0. The largest absolute Gasteiger partial charge is 0.465 e. The number of carbonyl (C=O) groups excluding carboxylic acids is 2. The molecule has 0 N–H and O–H groups in total. The van der Waals surface area contributed by atoms with Crippen molar-refractivity contribution in [2.45, 2.75) is 32.2 Å². The smallest absolute Gasteiger partial charge is 0.337 e. The van der Waals surface area contributed by atoms with Gasteiger partial charge in [-0.1, -0.05) is 18.2 Å². The van der Waals surface area contributed by atoms with Crippen LogP contribution in [0, 0.1) is 11.2 Å². The maximum absolute atomic E-state index is 13.2. The SMILES string of the molecule is COC(=O)c1ccc2c(c1)C[C@]1(CC2)CCN(Cc2ccc(F)cc2)C1=O. The fraction of sp³-hybridized carbons (Fsp3) is 0.364. The zero-order chi connectivity index (χ0) is 19.0. The third-order valence-corrected chi connectivity index (χ3v) is 5.92. The summed E-state index contributed by atoms with van der Waals surface area (Å²) in [4.78, 5) is 26.9. The van der Waals surface area contributed by atoms with E-state index in [-0.39, 0.29) is 23.1 Å². The van der Waals surface area contributed by atoms with Gasteiger partial charge in [0.05, 0.1) is 18.1 Å². The van der Waals surface area contributed by atoms with Gasteiger partial charge in [0.2, 0.25) is 5.91 Å². The molecule has 1 spiro atoms. The summed E-state index contributed by atoms with van der Waals surface area (Å²) < 4.78 is 17.9. The van der Waals surface area contributed by atoms with Gasteiger partial charge in [-0.2, -0.15) is 0 Å². The number of methoxy groups -OCH3 is 1. The van der Waals surface area contributed by atoms with Gasteiger partial charge in [-0.3, -0.25) is 4.79 Å². The highest BCUT2D eigenvalue weighted by molar-refractivity contribution is 5.90. The van der Waals surface area contributed by atoms with Gasteiger partial charge in [-0.15, -0.1) is 0 Å². The minimum atomic E-state index is -0.387. The molecule has 0 aromatic heterocycles. The average molecular weight is 367 g/mol. The summed E-state index contributed by atoms with van der Waals surface area (Å²) in [5.74, 6) is -0.456. The Balaban J connectivity index is 1.54. The molecule has 1 amide bonds. The number of hydrogen-bond acceptors (Lipinski definition) is 3. The Hall–Kier alpha value is -2.69. The Morgan fingerprint density at radius 2 is 1.93 bits per heavy atom. The monoisotopic (exact) mass is 367 g/mol. The maximum atomic E-state index is 13.2. The number of likely N-dealkylation sites (tertiary alicyclic amines) is 1. The second-order valence-electron chi connectivity index (χ2n) is 7.54. The molecule has 1 fully saturated rings. The molecule has 27 heavy (non-hydrogen) atoms. The standard InChI is InChI=1S/C22H22FNO3/c1-27-20(25)17-5-4-16-8-9-22(13-18(16)12-17)10-11-24(21(22)26)14-15-2-6-19(23)7-3-15/h2-7,12H,8-11,13-14H2,1H3/t22-/m0/s1. The summed E-state index contributed by atoms with van der Waals surface area (Å²) in [6.07, 6.45) is 3.14. The van der Waals surface area contributed by atoms with Gasteiger partial charge in [0, 0.05) is 13.1 Å². The molecule has 1 saturated heterocycles. The van der Waals surface area contributed by atoms with E-state index in [1.54, 1.807) is 18.2 Å². The topological polar surface area (TPSA) is 46.6 Å². The van der Waals surface area contributed by atoms with Gasteiger partial charge in [0.25, 0.3) is 0 Å². The van der Waals surface area contributed by atoms with Crippen LogP contribution in [0.5, 0.6) is 0 Å². The lowest BCUT2D eigenvalue weighted by molar-refractivity contribution is -0.137. The van der Waals surface area contributed by atoms with Gasteiger partial charge >= 0.3 is 5.97 Å². The third-order valence-electron chi connectivity index (χ3n) is 5.92. The first-order valence-electron chi connectivity index (χ1n) is 9.25. The van der Waals surface area contributed by atoms with Gasteiger partial charge in [0.1, 0.15) is 5.82 Å². The fourth-order valence-electron chi connectivity index (χ4n) is 4.36. The summed E-state index contributed by atoms with van der Waals surface area (Å²) in [6.45, 7) is 1.22. The van der Waals surface area contributed by atoms with E-state index in [1.165, 1.54) is 24.8 Å². The van der Waals surface area contributed by atoms with Gasteiger partial charge in [0.15, 0.2) is 0 Å². The lowest BCUT2D eigenvalue weighted by Crippen LogP contribution is -2.38. The van der Waals surface area contributed by atoms with Crippen molar-refractivity contribution in [1.29, 1.82) is 0 Å². The summed E-state index contributed by atoms with van der Waals surface area (Å²) in [6, 6.07) is 12.0. The Kier molecular flexibility index (Phi) is 4.46. The molecule has 1 aliphatic heterocycles. The molecule has 0 unspecified atom stereocenters. The molecule has 2 aromatic carbocycles. The number of amides is 1. The Bertz CT molecular complexity index is 893. The van der Waals surface area contributed by atoms with Crippen LogP contribution in [0.2, 0.25) is 0 Å². The number of aryl methyl sites for hydroxylation is 1. The predicted octanol–water partition coefficient (Wildman–Crippen LogP) is 3.52. The third kappa shape index (κ3) is 3.22. The first kappa shape index (κ1) is 17.7. The molecule has 4 rings (SSSR count). The van der Waals surface area contributed by atoms with Crippen LogP contribution < -0.4 is 0 Å². The summed E-state index contributed by atoms with van der Waals surface area (Å²) >= 11 is 0. The number of benzene rings is 2. The molecule has 1 heterocycles. The summed E-state index contributed by atoms with van der Waals surface area (Å²) in [7, 11) is 1.37. The Labute approximate surface area is 157 Å². The van der Waals surface area contributed by atoms with Crippen LogP contribution >= 0.6 is 0 Å². The summed E-state index contributed by atoms with van der Waals surface area (Å²) in [5, 5.41) is 0. The quantitative estimate of drug-likeness (QED) is 0.780. The number of nitrogens with zero attached hydrogens (tertiary/aromatic N) is 1. The minimum Gasteiger partial charge on any atom is -0.465 e. The van der Waals surface area contributed by atoms with Crippen LogP contribution in [0.4, 0.5) is 4.39 Å². The Morgan fingerprint density at radius 3 is 2.67 bits per heavy atom. The van der Waals surface area contributed by atoms with E-state index in [9.17, 15) is 14.0 Å². The second kappa shape index (κ2) is 6.80. The lowest BCUT2D eigenvalue weighted by Gasteiger charge is -2.33. The van der Waals surface area contributed by atoms with E-state index in [0.29, 0.717) is 25.1 Å². The molecule has 0 bridgehead atoms. The number of esters is 1. The number of carbonyl (C=O) groups is 2. The van der Waals surface area contributed by atoms with Gasteiger partial charge in [-0.05, 0) is 66.6 Å². The van der Waals surface area contributed by atoms with Crippen molar-refractivity contribution in [3.63, 3.8) is 0 Å². The number of ether oxygens (including phenoxy) is 1. The zero-order valence-corrected chi connectivity index (χ0v) is 15.3. The molecule has 0 saturated carbocycles. The van der Waals surface area contributed by atoms with E-state index < -0.39 is 0 Å². The zero-order valence-electron chi connectivity index (χ0n) is 15.3. The molecule has 0 radical (unpaired) electrons. The highest BCUT2D eigenvalue weighted by Gasteiger charge is 2.48. The highest BCUT2D eigenvalue weighted by Crippen LogP contribution is 2.44.